The second-order valence-electron chi connectivity index (χ2n) is 5.22. The molecule has 0 amide bonds. The molecule has 2 aromatic carbocycles. The van der Waals surface area contributed by atoms with Crippen LogP contribution in [0.1, 0.15) is 12.5 Å². The summed E-state index contributed by atoms with van der Waals surface area (Å²) in [5.41, 5.74) is 5.47. The van der Waals surface area contributed by atoms with Gasteiger partial charge in [-0.2, -0.15) is 5.26 Å². The van der Waals surface area contributed by atoms with Gasteiger partial charge in [0.2, 0.25) is 0 Å². The molecule has 0 bridgehead atoms. The second kappa shape index (κ2) is 6.42. The highest BCUT2D eigenvalue weighted by molar-refractivity contribution is 5.80. The fourth-order valence-corrected chi connectivity index (χ4v) is 2.81. The number of hydrogen-bond donors (Lipinski definition) is 1. The van der Waals surface area contributed by atoms with Crippen LogP contribution in [-0.2, 0) is 0 Å². The summed E-state index contributed by atoms with van der Waals surface area (Å²) >= 11 is 0. The van der Waals surface area contributed by atoms with Gasteiger partial charge in [0.15, 0.2) is 0 Å². The molecule has 1 aliphatic heterocycles. The molecule has 0 radical (unpaired) electrons. The van der Waals surface area contributed by atoms with Crippen LogP contribution >= 0.6 is 0 Å². The SMILES string of the molecule is CCN1NC=c2c1c(N=O)cc/c2=C(/C#N)c1ccc(OC)cc1. The number of rotatable bonds is 4. The summed E-state index contributed by atoms with van der Waals surface area (Å²) < 4.78 is 5.16. The number of nitroso groups, excluding NO2 is 1. The van der Waals surface area contributed by atoms with E-state index in [-0.39, 0.29) is 0 Å². The van der Waals surface area contributed by atoms with E-state index in [1.165, 1.54) is 0 Å². The van der Waals surface area contributed by atoms with Crippen LogP contribution in [0, 0.1) is 16.2 Å². The third kappa shape index (κ3) is 2.46. The topological polar surface area (TPSA) is 77.7 Å². The van der Waals surface area contributed by atoms with E-state index in [4.69, 9.17) is 4.74 Å². The van der Waals surface area contributed by atoms with E-state index in [2.05, 4.69) is 16.7 Å². The zero-order valence-corrected chi connectivity index (χ0v) is 13.4. The Labute approximate surface area is 139 Å². The number of nitriles is 1. The van der Waals surface area contributed by atoms with Crippen LogP contribution in [0.4, 0.5) is 11.4 Å². The van der Waals surface area contributed by atoms with Crippen molar-refractivity contribution in [3.8, 4) is 11.8 Å². The van der Waals surface area contributed by atoms with Crippen LogP contribution < -0.4 is 25.6 Å². The Morgan fingerprint density at radius 2 is 2.04 bits per heavy atom. The van der Waals surface area contributed by atoms with Crippen molar-refractivity contribution in [1.29, 1.82) is 5.26 Å². The molecular weight excluding hydrogens is 304 g/mol. The molecule has 0 unspecified atom stereocenters. The molecule has 6 heteroatoms. The van der Waals surface area contributed by atoms with Crippen LogP contribution in [0.3, 0.4) is 0 Å². The molecular formula is C18H16N4O2. The maximum atomic E-state index is 11.1. The van der Waals surface area contributed by atoms with E-state index in [0.717, 1.165) is 21.8 Å². The first kappa shape index (κ1) is 15.6. The van der Waals surface area contributed by atoms with Crippen molar-refractivity contribution in [2.45, 2.75) is 6.92 Å². The Bertz CT molecular complexity index is 943. The first-order chi connectivity index (χ1) is 11.7. The number of nitrogens with zero attached hydrogens (tertiary/aromatic N) is 3. The lowest BCUT2D eigenvalue weighted by molar-refractivity contribution is 0.415. The largest absolute Gasteiger partial charge is 0.497 e. The molecule has 0 spiro atoms. The van der Waals surface area contributed by atoms with Gasteiger partial charge in [-0.25, -0.2) is 0 Å². The van der Waals surface area contributed by atoms with E-state index in [9.17, 15) is 10.2 Å². The van der Waals surface area contributed by atoms with E-state index in [1.807, 2.05) is 36.2 Å². The van der Waals surface area contributed by atoms with Gasteiger partial charge in [-0.15, -0.1) is 4.91 Å². The van der Waals surface area contributed by atoms with Crippen molar-refractivity contribution >= 4 is 23.1 Å². The molecule has 0 atom stereocenters. The molecule has 0 fully saturated rings. The number of benzene rings is 2. The van der Waals surface area contributed by atoms with Gasteiger partial charge in [0.1, 0.15) is 17.5 Å². The molecule has 6 nitrogen and oxygen atoms in total. The fraction of sp³-hybridized carbons (Fsp3) is 0.167. The smallest absolute Gasteiger partial charge is 0.133 e. The minimum atomic E-state index is 0.351. The van der Waals surface area contributed by atoms with Gasteiger partial charge in [-0.1, -0.05) is 6.07 Å². The van der Waals surface area contributed by atoms with Gasteiger partial charge in [-0.3, -0.25) is 5.01 Å². The fourth-order valence-electron chi connectivity index (χ4n) is 2.81. The van der Waals surface area contributed by atoms with Gasteiger partial charge in [0, 0.05) is 23.2 Å². The molecule has 1 aliphatic rings. The highest BCUT2D eigenvalue weighted by Crippen LogP contribution is 2.24. The van der Waals surface area contributed by atoms with Crippen LogP contribution in [0.15, 0.2) is 41.6 Å². The van der Waals surface area contributed by atoms with Crippen LogP contribution in [-0.4, -0.2) is 13.7 Å². The van der Waals surface area contributed by atoms with E-state index >= 15 is 0 Å². The number of anilines is 1. The summed E-state index contributed by atoms with van der Waals surface area (Å²) in [7, 11) is 1.60. The Kier molecular flexibility index (Phi) is 4.17. The number of nitrogens with one attached hydrogen (secondary N) is 1. The number of hydrogen-bond acceptors (Lipinski definition) is 6. The summed E-state index contributed by atoms with van der Waals surface area (Å²) in [5, 5.41) is 16.2. The Morgan fingerprint density at radius 1 is 1.29 bits per heavy atom. The predicted octanol–water partition coefficient (Wildman–Crippen LogP) is 1.90. The van der Waals surface area contributed by atoms with E-state index in [0.29, 0.717) is 23.5 Å². The zero-order valence-electron chi connectivity index (χ0n) is 13.4. The first-order valence-electron chi connectivity index (χ1n) is 7.52. The third-order valence-electron chi connectivity index (χ3n) is 4.00. The second-order valence-corrected chi connectivity index (χ2v) is 5.22. The normalized spacial score (nSPS) is 13.3. The maximum absolute atomic E-state index is 11.1. The average molecular weight is 320 g/mol. The van der Waals surface area contributed by atoms with E-state index in [1.54, 1.807) is 25.4 Å². The summed E-state index contributed by atoms with van der Waals surface area (Å²) in [5.74, 6) is 0.729. The zero-order chi connectivity index (χ0) is 17.1. The Morgan fingerprint density at radius 3 is 2.62 bits per heavy atom. The predicted molar refractivity (Wildman–Crippen MR) is 92.9 cm³/mol. The van der Waals surface area contributed by atoms with Crippen LogP contribution in [0.5, 0.6) is 5.75 Å². The molecule has 1 N–H and O–H groups in total. The summed E-state index contributed by atoms with van der Waals surface area (Å²) in [6, 6.07) is 13.0. The average Bonchev–Trinajstić information content (AvgIpc) is 3.07. The highest BCUT2D eigenvalue weighted by atomic mass is 16.5. The minimum Gasteiger partial charge on any atom is -0.497 e. The summed E-state index contributed by atoms with van der Waals surface area (Å²) in [6.45, 7) is 2.63. The quantitative estimate of drug-likeness (QED) is 0.871. The maximum Gasteiger partial charge on any atom is 0.133 e. The minimum absolute atomic E-state index is 0.351. The molecule has 24 heavy (non-hydrogen) atoms. The molecule has 0 aromatic heterocycles. The standard InChI is InChI=1S/C18H16N4O2/c1-3-22-18-16(11-20-22)14(8-9-17(18)21-23)15(10-19)12-4-6-13(24-2)7-5-12/h4-9,11,20H,3H2,1-2H3/b15-14+. The van der Waals surface area contributed by atoms with Crippen LogP contribution in [0.25, 0.3) is 11.8 Å². The number of methoxy groups -OCH3 is 1. The Balaban J connectivity index is 2.30. The van der Waals surface area contributed by atoms with Gasteiger partial charge in [-0.05, 0) is 48.0 Å². The van der Waals surface area contributed by atoms with Crippen molar-refractivity contribution in [3.63, 3.8) is 0 Å². The molecule has 2 aromatic rings. The molecule has 1 heterocycles. The lowest BCUT2D eigenvalue weighted by Crippen LogP contribution is -2.32. The van der Waals surface area contributed by atoms with Gasteiger partial charge >= 0.3 is 0 Å². The number of fused-ring (bicyclic) bond motifs is 1. The Hall–Kier alpha value is -3.33. The molecule has 120 valence electrons. The van der Waals surface area contributed by atoms with Gasteiger partial charge in [0.25, 0.3) is 0 Å². The highest BCUT2D eigenvalue weighted by Gasteiger charge is 2.18. The monoisotopic (exact) mass is 320 g/mol. The lowest BCUT2D eigenvalue weighted by Gasteiger charge is -2.18. The summed E-state index contributed by atoms with van der Waals surface area (Å²) in [4.78, 5) is 11.1. The molecule has 0 aliphatic carbocycles. The molecule has 3 rings (SSSR count). The van der Waals surface area contributed by atoms with Crippen molar-refractivity contribution in [2.75, 3.05) is 18.7 Å². The molecule has 0 saturated heterocycles. The van der Waals surface area contributed by atoms with Gasteiger partial charge < -0.3 is 10.2 Å². The lowest BCUT2D eigenvalue weighted by atomic mass is 10.0. The summed E-state index contributed by atoms with van der Waals surface area (Å²) in [6.07, 6.45) is 1.80. The van der Waals surface area contributed by atoms with Crippen molar-refractivity contribution < 1.29 is 4.74 Å². The van der Waals surface area contributed by atoms with Gasteiger partial charge in [0.05, 0.1) is 18.4 Å². The van der Waals surface area contributed by atoms with Crippen molar-refractivity contribution in [2.24, 2.45) is 5.18 Å². The third-order valence-corrected chi connectivity index (χ3v) is 4.00. The number of ether oxygens (including phenoxy) is 1. The van der Waals surface area contributed by atoms with E-state index < -0.39 is 0 Å². The van der Waals surface area contributed by atoms with Crippen molar-refractivity contribution in [3.05, 3.63) is 57.3 Å². The first-order valence-corrected chi connectivity index (χ1v) is 7.52. The number of hydrazine groups is 1. The van der Waals surface area contributed by atoms with Crippen molar-refractivity contribution in [1.82, 2.24) is 5.43 Å². The molecule has 0 saturated carbocycles. The van der Waals surface area contributed by atoms with Crippen LogP contribution in [0.2, 0.25) is 0 Å².